The number of fused-ring (bicyclic) bond motifs is 2. The number of hydrogen-bond donors (Lipinski definition) is 3. The van der Waals surface area contributed by atoms with Crippen molar-refractivity contribution < 1.29 is 14.4 Å². The number of nitrogens with zero attached hydrogens (tertiary/aromatic N) is 3. The van der Waals surface area contributed by atoms with Crippen LogP contribution in [0.1, 0.15) is 28.8 Å². The number of benzene rings is 2. The lowest BCUT2D eigenvalue weighted by Gasteiger charge is -2.22. The Morgan fingerprint density at radius 1 is 1.20 bits per heavy atom. The molecule has 1 saturated heterocycles. The van der Waals surface area contributed by atoms with Gasteiger partial charge in [-0.2, -0.15) is 5.10 Å². The number of amides is 3. The first-order chi connectivity index (χ1) is 16.8. The van der Waals surface area contributed by atoms with Crippen molar-refractivity contribution in [2.45, 2.75) is 19.4 Å². The van der Waals surface area contributed by atoms with Crippen LogP contribution >= 0.6 is 0 Å². The van der Waals surface area contributed by atoms with Crippen LogP contribution in [0.25, 0.3) is 22.0 Å². The summed E-state index contributed by atoms with van der Waals surface area (Å²) in [6.45, 7) is 5.71. The fraction of sp³-hybridized carbons (Fsp3) is 0.308. The molecule has 0 spiro atoms. The first-order valence-electron chi connectivity index (χ1n) is 11.7. The summed E-state index contributed by atoms with van der Waals surface area (Å²) >= 11 is 0. The quantitative estimate of drug-likeness (QED) is 0.475. The second-order valence-electron chi connectivity index (χ2n) is 9.23. The maximum Gasteiger partial charge on any atom is 0.254 e. The van der Waals surface area contributed by atoms with E-state index in [1.165, 1.54) is 0 Å². The Bertz CT molecular complexity index is 1370. The number of nitrogens with two attached hydrogens (primary N) is 1. The summed E-state index contributed by atoms with van der Waals surface area (Å²) < 4.78 is 1.80. The zero-order valence-electron chi connectivity index (χ0n) is 19.6. The first-order valence-corrected chi connectivity index (χ1v) is 11.7. The molecule has 2 aliphatic heterocycles. The zero-order chi connectivity index (χ0) is 24.7. The average molecular weight is 473 g/mol. The lowest BCUT2D eigenvalue weighted by Crippen LogP contribution is -2.34. The van der Waals surface area contributed by atoms with Gasteiger partial charge in [0, 0.05) is 41.7 Å². The highest BCUT2D eigenvalue weighted by Gasteiger charge is 2.32. The van der Waals surface area contributed by atoms with Gasteiger partial charge < -0.3 is 21.3 Å². The normalized spacial score (nSPS) is 15.9. The van der Waals surface area contributed by atoms with E-state index in [9.17, 15) is 14.4 Å². The number of rotatable bonds is 6. The van der Waals surface area contributed by atoms with Gasteiger partial charge in [0.2, 0.25) is 11.8 Å². The highest BCUT2D eigenvalue weighted by molar-refractivity contribution is 6.04. The van der Waals surface area contributed by atoms with Crippen LogP contribution in [-0.2, 0) is 23.2 Å². The number of aromatic nitrogens is 2. The van der Waals surface area contributed by atoms with Crippen molar-refractivity contribution in [3.63, 3.8) is 0 Å². The third-order valence-corrected chi connectivity index (χ3v) is 6.88. The van der Waals surface area contributed by atoms with Crippen LogP contribution in [0.15, 0.2) is 48.7 Å². The molecule has 3 heterocycles. The van der Waals surface area contributed by atoms with E-state index in [1.54, 1.807) is 21.8 Å². The fourth-order valence-corrected chi connectivity index (χ4v) is 4.87. The molecular formula is C26H28N6O3. The molecule has 35 heavy (non-hydrogen) atoms. The molecule has 1 fully saturated rings. The third-order valence-electron chi connectivity index (χ3n) is 6.88. The molecule has 9 heteroatoms. The van der Waals surface area contributed by atoms with Crippen LogP contribution in [-0.4, -0.2) is 52.0 Å². The van der Waals surface area contributed by atoms with Gasteiger partial charge in [-0.15, -0.1) is 0 Å². The van der Waals surface area contributed by atoms with Gasteiger partial charge in [0.1, 0.15) is 0 Å². The number of aryl methyl sites for hydroxylation is 1. The molecule has 4 N–H and O–H groups in total. The van der Waals surface area contributed by atoms with Gasteiger partial charge in [-0.05, 0) is 60.8 Å². The summed E-state index contributed by atoms with van der Waals surface area (Å²) in [5.41, 5.74) is 10.2. The zero-order valence-corrected chi connectivity index (χ0v) is 19.6. The van der Waals surface area contributed by atoms with Crippen LogP contribution in [0.4, 0.5) is 5.69 Å². The minimum Gasteiger partial charge on any atom is -0.366 e. The predicted molar refractivity (Wildman–Crippen MR) is 133 cm³/mol. The number of carbonyl (C=O) groups excluding carboxylic acids is 3. The second-order valence-corrected chi connectivity index (χ2v) is 9.23. The minimum atomic E-state index is -0.634. The van der Waals surface area contributed by atoms with Crippen molar-refractivity contribution >= 4 is 34.3 Å². The van der Waals surface area contributed by atoms with Crippen LogP contribution in [0, 0.1) is 5.92 Å². The smallest absolute Gasteiger partial charge is 0.254 e. The first kappa shape index (κ1) is 22.8. The molecule has 0 aliphatic carbocycles. The van der Waals surface area contributed by atoms with Crippen molar-refractivity contribution in [3.05, 3.63) is 59.8 Å². The molecule has 3 aromatic rings. The predicted octanol–water partition coefficient (Wildman–Crippen LogP) is 2.18. The van der Waals surface area contributed by atoms with Crippen molar-refractivity contribution in [2.75, 3.05) is 25.0 Å². The van der Waals surface area contributed by atoms with Crippen molar-refractivity contribution in [2.24, 2.45) is 18.7 Å². The third kappa shape index (κ3) is 4.30. The van der Waals surface area contributed by atoms with Crippen molar-refractivity contribution in [1.29, 1.82) is 0 Å². The summed E-state index contributed by atoms with van der Waals surface area (Å²) in [5.74, 6) is -0.956. The maximum absolute atomic E-state index is 13.3. The lowest BCUT2D eigenvalue weighted by atomic mass is 9.94. The molecule has 0 unspecified atom stereocenters. The van der Waals surface area contributed by atoms with Crippen LogP contribution in [0.3, 0.4) is 0 Å². The second kappa shape index (κ2) is 8.99. The molecule has 180 valence electrons. The molecule has 0 radical (unpaired) electrons. The van der Waals surface area contributed by atoms with Gasteiger partial charge >= 0.3 is 0 Å². The number of anilines is 1. The summed E-state index contributed by atoms with van der Waals surface area (Å²) in [4.78, 5) is 39.4. The summed E-state index contributed by atoms with van der Waals surface area (Å²) in [5, 5.41) is 11.7. The average Bonchev–Trinajstić information content (AvgIpc) is 3.38. The Balaban J connectivity index is 1.55. The fourth-order valence-electron chi connectivity index (χ4n) is 4.87. The number of carbonyl (C=O) groups is 3. The van der Waals surface area contributed by atoms with E-state index in [4.69, 9.17) is 5.73 Å². The Morgan fingerprint density at radius 2 is 1.94 bits per heavy atom. The standard InChI is InChI=1S/C26H28N6O3/c1-15(24(27)33)13-32-14-22-20(17-3-4-18-12-29-31(2)23(18)9-17)10-19(11-21(22)26(32)35)30-25(34)16-5-7-28-8-6-16/h3-4,9-12,16,28H,1,5-8,13-14H2,2H3,(H2,27,33)(H,30,34). The molecular weight excluding hydrogens is 444 g/mol. The van der Waals surface area contributed by atoms with Gasteiger partial charge in [-0.25, -0.2) is 0 Å². The molecule has 5 rings (SSSR count). The summed E-state index contributed by atoms with van der Waals surface area (Å²) in [6.07, 6.45) is 3.37. The van der Waals surface area contributed by atoms with Gasteiger partial charge in [-0.1, -0.05) is 18.7 Å². The minimum absolute atomic E-state index is 0.0381. The van der Waals surface area contributed by atoms with E-state index in [-0.39, 0.29) is 29.9 Å². The van der Waals surface area contributed by atoms with Crippen molar-refractivity contribution in [1.82, 2.24) is 20.0 Å². The molecule has 1 aromatic heterocycles. The Labute approximate surface area is 203 Å². The van der Waals surface area contributed by atoms with E-state index in [0.29, 0.717) is 17.8 Å². The molecule has 0 atom stereocenters. The van der Waals surface area contributed by atoms with E-state index >= 15 is 0 Å². The van der Waals surface area contributed by atoms with E-state index in [1.807, 2.05) is 31.3 Å². The van der Waals surface area contributed by atoms with E-state index in [2.05, 4.69) is 22.3 Å². The van der Waals surface area contributed by atoms with Crippen LogP contribution < -0.4 is 16.4 Å². The maximum atomic E-state index is 13.3. The summed E-state index contributed by atoms with van der Waals surface area (Å²) in [7, 11) is 1.88. The van der Waals surface area contributed by atoms with Gasteiger partial charge in [0.15, 0.2) is 0 Å². The topological polar surface area (TPSA) is 122 Å². The van der Waals surface area contributed by atoms with Crippen LogP contribution in [0.2, 0.25) is 0 Å². The van der Waals surface area contributed by atoms with Gasteiger partial charge in [0.25, 0.3) is 5.91 Å². The van der Waals surface area contributed by atoms with Crippen LogP contribution in [0.5, 0.6) is 0 Å². The van der Waals surface area contributed by atoms with Gasteiger partial charge in [0.05, 0.1) is 18.3 Å². The lowest BCUT2D eigenvalue weighted by molar-refractivity contribution is -0.120. The molecule has 9 nitrogen and oxygen atoms in total. The number of hydrogen-bond acceptors (Lipinski definition) is 5. The molecule has 0 saturated carbocycles. The highest BCUT2D eigenvalue weighted by atomic mass is 16.2. The Kier molecular flexibility index (Phi) is 5.86. The Morgan fingerprint density at radius 3 is 2.69 bits per heavy atom. The number of nitrogens with one attached hydrogen (secondary N) is 2. The van der Waals surface area contributed by atoms with E-state index < -0.39 is 5.91 Å². The van der Waals surface area contributed by atoms with E-state index in [0.717, 1.165) is 53.5 Å². The number of primary amides is 1. The van der Waals surface area contributed by atoms with Gasteiger partial charge in [-0.3, -0.25) is 19.1 Å². The monoisotopic (exact) mass is 472 g/mol. The molecule has 3 amide bonds. The molecule has 0 bridgehead atoms. The molecule has 2 aliphatic rings. The van der Waals surface area contributed by atoms with Crippen molar-refractivity contribution in [3.8, 4) is 11.1 Å². The SMILES string of the molecule is C=C(CN1Cc2c(cc(NC(=O)C3CCNCC3)cc2-c2ccc3cnn(C)c3c2)C1=O)C(N)=O. The number of piperidine rings is 1. The molecule has 2 aromatic carbocycles. The Hall–Kier alpha value is -3.98. The highest BCUT2D eigenvalue weighted by Crippen LogP contribution is 2.37. The largest absolute Gasteiger partial charge is 0.366 e. The summed E-state index contributed by atoms with van der Waals surface area (Å²) in [6, 6.07) is 9.68.